The highest BCUT2D eigenvalue weighted by molar-refractivity contribution is 7.17. The van der Waals surface area contributed by atoms with Crippen molar-refractivity contribution in [1.29, 1.82) is 0 Å². The number of hydrogen-bond acceptors (Lipinski definition) is 6. The summed E-state index contributed by atoms with van der Waals surface area (Å²) in [5, 5.41) is 7.68. The number of Topliss-reactive ketones (excluding diaryl/α,β-unsaturated/α-hetero) is 1. The molecular weight excluding hydrogens is 436 g/mol. The summed E-state index contributed by atoms with van der Waals surface area (Å²) >= 11 is 1.67. The van der Waals surface area contributed by atoms with Gasteiger partial charge in [0.25, 0.3) is 0 Å². The Labute approximate surface area is 198 Å². The molecular formula is C26H30N2O4S. The second kappa shape index (κ2) is 12.2. The van der Waals surface area contributed by atoms with Gasteiger partial charge in [0.05, 0.1) is 19.4 Å². The minimum Gasteiger partial charge on any atom is -0.493 e. The van der Waals surface area contributed by atoms with Gasteiger partial charge in [-0.2, -0.15) is 5.10 Å². The average Bonchev–Trinajstić information content (AvgIpc) is 3.27. The molecule has 0 fully saturated rings. The lowest BCUT2D eigenvalue weighted by Crippen LogP contribution is -2.21. The number of amides is 1. The van der Waals surface area contributed by atoms with Crippen LogP contribution in [0, 0.1) is 0 Å². The highest BCUT2D eigenvalue weighted by Crippen LogP contribution is 2.29. The smallest absolute Gasteiger partial charge is 0.240 e. The first-order valence-corrected chi connectivity index (χ1v) is 12.1. The summed E-state index contributed by atoms with van der Waals surface area (Å²) in [6.45, 7) is 4.46. The number of methoxy groups -OCH3 is 1. The van der Waals surface area contributed by atoms with Crippen LogP contribution in [0.4, 0.5) is 0 Å². The number of ether oxygens (including phenoxy) is 2. The third-order valence-electron chi connectivity index (χ3n) is 5.24. The second-order valence-electron chi connectivity index (χ2n) is 7.56. The highest BCUT2D eigenvalue weighted by atomic mass is 32.1. The number of unbranched alkanes of at least 4 members (excludes halogenated alkanes) is 1. The number of carbonyl (C=O) groups is 2. The first-order valence-electron chi connectivity index (χ1n) is 11.2. The SMILES string of the molecule is CCCC/C(=N\NC(=O)CCC(=O)c1ccc(OC)c(OCC)c1)c1csc2ccccc12. The molecule has 0 saturated carbocycles. The van der Waals surface area contributed by atoms with Crippen molar-refractivity contribution >= 4 is 38.8 Å². The van der Waals surface area contributed by atoms with Gasteiger partial charge in [0.15, 0.2) is 17.3 Å². The Kier molecular flexibility index (Phi) is 9.01. The fourth-order valence-electron chi connectivity index (χ4n) is 3.47. The van der Waals surface area contributed by atoms with Crippen molar-refractivity contribution < 1.29 is 19.1 Å². The minimum absolute atomic E-state index is 0.0593. The molecule has 0 aliphatic carbocycles. The molecule has 0 saturated heterocycles. The van der Waals surface area contributed by atoms with Crippen LogP contribution in [-0.2, 0) is 4.79 Å². The molecule has 0 aliphatic heterocycles. The van der Waals surface area contributed by atoms with E-state index in [0.29, 0.717) is 23.7 Å². The van der Waals surface area contributed by atoms with Gasteiger partial charge in [-0.3, -0.25) is 9.59 Å². The van der Waals surface area contributed by atoms with E-state index in [1.165, 1.54) is 4.70 Å². The topological polar surface area (TPSA) is 77.0 Å². The summed E-state index contributed by atoms with van der Waals surface area (Å²) in [6.07, 6.45) is 2.95. The summed E-state index contributed by atoms with van der Waals surface area (Å²) < 4.78 is 12.0. The van der Waals surface area contributed by atoms with E-state index in [-0.39, 0.29) is 24.5 Å². The van der Waals surface area contributed by atoms with E-state index in [4.69, 9.17) is 9.47 Å². The maximum absolute atomic E-state index is 12.6. The lowest BCUT2D eigenvalue weighted by Gasteiger charge is -2.10. The largest absolute Gasteiger partial charge is 0.493 e. The zero-order valence-corrected chi connectivity index (χ0v) is 20.2. The zero-order chi connectivity index (χ0) is 23.6. The van der Waals surface area contributed by atoms with Crippen LogP contribution in [0.2, 0.25) is 0 Å². The first kappa shape index (κ1) is 24.5. The highest BCUT2D eigenvalue weighted by Gasteiger charge is 2.14. The molecule has 33 heavy (non-hydrogen) atoms. The molecule has 1 N–H and O–H groups in total. The van der Waals surface area contributed by atoms with Crippen LogP contribution >= 0.6 is 11.3 Å². The number of carbonyl (C=O) groups excluding carboxylic acids is 2. The fourth-order valence-corrected chi connectivity index (χ4v) is 4.44. The summed E-state index contributed by atoms with van der Waals surface area (Å²) in [7, 11) is 1.55. The number of thiophene rings is 1. The normalized spacial score (nSPS) is 11.4. The van der Waals surface area contributed by atoms with Crippen molar-refractivity contribution in [2.24, 2.45) is 5.10 Å². The Morgan fingerprint density at radius 2 is 1.85 bits per heavy atom. The van der Waals surface area contributed by atoms with Crippen LogP contribution in [0.25, 0.3) is 10.1 Å². The van der Waals surface area contributed by atoms with E-state index in [0.717, 1.165) is 35.9 Å². The summed E-state index contributed by atoms with van der Waals surface area (Å²) in [6, 6.07) is 13.2. The number of ketones is 1. The van der Waals surface area contributed by atoms with Gasteiger partial charge < -0.3 is 9.47 Å². The van der Waals surface area contributed by atoms with Crippen molar-refractivity contribution in [3.63, 3.8) is 0 Å². The van der Waals surface area contributed by atoms with Crippen LogP contribution in [0.1, 0.15) is 61.9 Å². The van der Waals surface area contributed by atoms with E-state index in [9.17, 15) is 9.59 Å². The van der Waals surface area contributed by atoms with Gasteiger partial charge in [-0.1, -0.05) is 31.5 Å². The predicted molar refractivity (Wildman–Crippen MR) is 134 cm³/mol. The molecule has 0 bridgehead atoms. The fraction of sp³-hybridized carbons (Fsp3) is 0.346. The number of hydrazone groups is 1. The van der Waals surface area contributed by atoms with Gasteiger partial charge in [0, 0.05) is 39.4 Å². The van der Waals surface area contributed by atoms with Crippen LogP contribution in [-0.4, -0.2) is 31.1 Å². The number of hydrogen-bond donors (Lipinski definition) is 1. The number of nitrogens with zero attached hydrogens (tertiary/aromatic N) is 1. The molecule has 0 aliphatic rings. The van der Waals surface area contributed by atoms with Gasteiger partial charge in [-0.05, 0) is 44.0 Å². The molecule has 174 valence electrons. The monoisotopic (exact) mass is 466 g/mol. The Morgan fingerprint density at radius 1 is 1.03 bits per heavy atom. The van der Waals surface area contributed by atoms with Gasteiger partial charge in [0.1, 0.15) is 0 Å². The first-order chi connectivity index (χ1) is 16.1. The third-order valence-corrected chi connectivity index (χ3v) is 6.20. The maximum Gasteiger partial charge on any atom is 0.240 e. The molecule has 1 amide bonds. The van der Waals surface area contributed by atoms with Crippen molar-refractivity contribution in [2.45, 2.75) is 46.0 Å². The van der Waals surface area contributed by atoms with E-state index in [1.807, 2.05) is 19.1 Å². The van der Waals surface area contributed by atoms with Crippen molar-refractivity contribution in [2.75, 3.05) is 13.7 Å². The number of rotatable bonds is 12. The molecule has 3 rings (SSSR count). The average molecular weight is 467 g/mol. The number of nitrogens with one attached hydrogen (secondary N) is 1. The summed E-state index contributed by atoms with van der Waals surface area (Å²) in [5.41, 5.74) is 5.07. The van der Waals surface area contributed by atoms with Crippen LogP contribution in [0.3, 0.4) is 0 Å². The van der Waals surface area contributed by atoms with Crippen molar-refractivity contribution in [1.82, 2.24) is 5.43 Å². The van der Waals surface area contributed by atoms with Gasteiger partial charge in [-0.25, -0.2) is 5.43 Å². The summed E-state index contributed by atoms with van der Waals surface area (Å²) in [5.74, 6) is 0.674. The molecule has 0 radical (unpaired) electrons. The molecule has 6 nitrogen and oxygen atoms in total. The van der Waals surface area contributed by atoms with E-state index >= 15 is 0 Å². The van der Waals surface area contributed by atoms with Gasteiger partial charge in [0.2, 0.25) is 5.91 Å². The van der Waals surface area contributed by atoms with Crippen molar-refractivity contribution in [3.8, 4) is 11.5 Å². The Bertz CT molecular complexity index is 1140. The minimum atomic E-state index is -0.282. The van der Waals surface area contributed by atoms with Gasteiger partial charge >= 0.3 is 0 Å². The molecule has 0 unspecified atom stereocenters. The molecule has 1 aromatic heterocycles. The quantitative estimate of drug-likeness (QED) is 0.202. The van der Waals surface area contributed by atoms with E-state index in [2.05, 4.69) is 35.0 Å². The van der Waals surface area contributed by atoms with Crippen LogP contribution < -0.4 is 14.9 Å². The lowest BCUT2D eigenvalue weighted by molar-refractivity contribution is -0.121. The Hall–Kier alpha value is -3.19. The maximum atomic E-state index is 12.6. The number of fused-ring (bicyclic) bond motifs is 1. The van der Waals surface area contributed by atoms with Crippen LogP contribution in [0.5, 0.6) is 11.5 Å². The number of benzene rings is 2. The summed E-state index contributed by atoms with van der Waals surface area (Å²) in [4.78, 5) is 25.1. The molecule has 0 spiro atoms. The van der Waals surface area contributed by atoms with E-state index in [1.54, 1.807) is 36.6 Å². The lowest BCUT2D eigenvalue weighted by atomic mass is 10.0. The van der Waals surface area contributed by atoms with Gasteiger partial charge in [-0.15, -0.1) is 11.3 Å². The predicted octanol–water partition coefficient (Wildman–Crippen LogP) is 5.98. The molecule has 3 aromatic rings. The molecule has 0 atom stereocenters. The zero-order valence-electron chi connectivity index (χ0n) is 19.3. The van der Waals surface area contributed by atoms with Crippen LogP contribution in [0.15, 0.2) is 52.9 Å². The molecule has 7 heteroatoms. The molecule has 2 aromatic carbocycles. The van der Waals surface area contributed by atoms with Crippen molar-refractivity contribution in [3.05, 3.63) is 59.0 Å². The molecule has 1 heterocycles. The Balaban J connectivity index is 1.65. The van der Waals surface area contributed by atoms with E-state index < -0.39 is 0 Å². The standard InChI is InChI=1S/C26H30N2O4S/c1-4-6-10-21(20-17-33-25-11-8-7-9-19(20)25)27-28-26(30)15-13-22(29)18-12-14-23(31-3)24(16-18)32-5-2/h7-9,11-12,14,16-17H,4-6,10,13,15H2,1-3H3,(H,28,30)/b27-21+. The Morgan fingerprint density at radius 3 is 2.61 bits per heavy atom. The second-order valence-corrected chi connectivity index (χ2v) is 8.48. The third kappa shape index (κ3) is 6.42.